The molecule has 0 aromatic heterocycles. The lowest BCUT2D eigenvalue weighted by molar-refractivity contribution is -0.118. The van der Waals surface area contributed by atoms with Crippen LogP contribution in [-0.2, 0) is 16.0 Å². The third-order valence-electron chi connectivity index (χ3n) is 6.25. The number of ether oxygens (including phenoxy) is 2. The lowest BCUT2D eigenvalue weighted by atomic mass is 9.67. The van der Waals surface area contributed by atoms with E-state index in [2.05, 4.69) is 0 Å². The van der Waals surface area contributed by atoms with E-state index >= 15 is 0 Å². The van der Waals surface area contributed by atoms with E-state index in [0.29, 0.717) is 48.2 Å². The molecule has 4 rings (SSSR count). The van der Waals surface area contributed by atoms with Crippen molar-refractivity contribution in [2.75, 3.05) is 13.2 Å². The van der Waals surface area contributed by atoms with Gasteiger partial charge in [0.05, 0.1) is 10.6 Å². The summed E-state index contributed by atoms with van der Waals surface area (Å²) in [5.41, 5.74) is 3.08. The second-order valence-electron chi connectivity index (χ2n) is 8.42. The molecule has 1 aliphatic heterocycles. The van der Waals surface area contributed by atoms with Gasteiger partial charge in [0, 0.05) is 26.1 Å². The summed E-state index contributed by atoms with van der Waals surface area (Å²) >= 11 is 6.32. The highest BCUT2D eigenvalue weighted by Crippen LogP contribution is 2.47. The van der Waals surface area contributed by atoms with Crippen LogP contribution in [0.3, 0.4) is 0 Å². The van der Waals surface area contributed by atoms with Crippen LogP contribution < -0.4 is 4.74 Å². The van der Waals surface area contributed by atoms with Gasteiger partial charge in [0.2, 0.25) is 0 Å². The molecule has 0 atom stereocenters. The smallest absolute Gasteiger partial charge is 0.167 e. The zero-order chi connectivity index (χ0) is 21.3. The summed E-state index contributed by atoms with van der Waals surface area (Å²) in [6, 6.07) is 11.3. The van der Waals surface area contributed by atoms with Gasteiger partial charge in [-0.3, -0.25) is 4.79 Å². The Morgan fingerprint density at radius 1 is 1.13 bits per heavy atom. The highest BCUT2D eigenvalue weighted by molar-refractivity contribution is 6.32. The molecule has 2 aliphatic rings. The predicted octanol–water partition coefficient (Wildman–Crippen LogP) is 6.43. The number of Topliss-reactive ketones (excluding diaryl/α,β-unsaturated/α-hetero) is 1. The minimum Gasteiger partial charge on any atom is -0.512 e. The first-order valence-corrected chi connectivity index (χ1v) is 10.9. The molecule has 1 fully saturated rings. The maximum absolute atomic E-state index is 13.2. The number of allylic oxidation sites excluding steroid dienone is 2. The number of aliphatic hydroxyl groups excluding tert-OH is 1. The average molecular weight is 427 g/mol. The molecule has 5 heteroatoms. The number of aliphatic hydroxyl groups is 1. The van der Waals surface area contributed by atoms with Crippen LogP contribution in [-0.4, -0.2) is 24.1 Å². The fraction of sp³-hybridized carbons (Fsp3) is 0.400. The number of aryl methyl sites for hydroxylation is 2. The van der Waals surface area contributed by atoms with E-state index in [1.165, 1.54) is 0 Å². The first-order chi connectivity index (χ1) is 14.4. The van der Waals surface area contributed by atoms with E-state index in [1.807, 2.05) is 50.2 Å². The topological polar surface area (TPSA) is 55.8 Å². The van der Waals surface area contributed by atoms with Crippen LogP contribution in [0.15, 0.2) is 42.2 Å². The number of carbonyl (C=O) groups excluding carboxylic acids is 1. The molecule has 0 unspecified atom stereocenters. The number of halogens is 1. The SMILES string of the molecule is CCc1ccc(Oc2ccc(C)cc2Cl)cc1C1=C(O)CC2(CCOCC2)CC1=O. The average Bonchev–Trinajstić information content (AvgIpc) is 2.70. The highest BCUT2D eigenvalue weighted by atomic mass is 35.5. The number of ketones is 1. The largest absolute Gasteiger partial charge is 0.512 e. The Morgan fingerprint density at radius 2 is 1.90 bits per heavy atom. The molecule has 1 heterocycles. The van der Waals surface area contributed by atoms with Crippen LogP contribution in [0, 0.1) is 12.3 Å². The Morgan fingerprint density at radius 3 is 2.57 bits per heavy atom. The van der Waals surface area contributed by atoms with E-state index < -0.39 is 0 Å². The van der Waals surface area contributed by atoms with Crippen molar-refractivity contribution < 1.29 is 19.4 Å². The molecule has 0 amide bonds. The molecule has 0 bridgehead atoms. The van der Waals surface area contributed by atoms with Crippen molar-refractivity contribution in [1.29, 1.82) is 0 Å². The van der Waals surface area contributed by atoms with Crippen molar-refractivity contribution in [1.82, 2.24) is 0 Å². The Hall–Kier alpha value is -2.30. The van der Waals surface area contributed by atoms with Crippen molar-refractivity contribution >= 4 is 23.0 Å². The minimum atomic E-state index is -0.168. The number of hydrogen-bond acceptors (Lipinski definition) is 4. The Kier molecular flexibility index (Phi) is 5.90. The van der Waals surface area contributed by atoms with Gasteiger partial charge in [0.1, 0.15) is 17.3 Å². The van der Waals surface area contributed by atoms with E-state index in [9.17, 15) is 9.90 Å². The van der Waals surface area contributed by atoms with Crippen molar-refractivity contribution in [2.24, 2.45) is 5.41 Å². The van der Waals surface area contributed by atoms with Gasteiger partial charge in [-0.2, -0.15) is 0 Å². The van der Waals surface area contributed by atoms with Gasteiger partial charge in [-0.25, -0.2) is 0 Å². The number of hydrogen-bond donors (Lipinski definition) is 1. The van der Waals surface area contributed by atoms with Crippen LogP contribution in [0.4, 0.5) is 0 Å². The van der Waals surface area contributed by atoms with Crippen LogP contribution >= 0.6 is 11.6 Å². The van der Waals surface area contributed by atoms with Gasteiger partial charge in [0.15, 0.2) is 5.78 Å². The van der Waals surface area contributed by atoms with Crippen LogP contribution in [0.5, 0.6) is 11.5 Å². The fourth-order valence-electron chi connectivity index (χ4n) is 4.54. The van der Waals surface area contributed by atoms with Crippen LogP contribution in [0.2, 0.25) is 5.02 Å². The van der Waals surface area contributed by atoms with Crippen molar-refractivity contribution in [3.8, 4) is 11.5 Å². The van der Waals surface area contributed by atoms with Gasteiger partial charge in [0.25, 0.3) is 0 Å². The molecule has 0 saturated carbocycles. The number of carbonyl (C=O) groups is 1. The predicted molar refractivity (Wildman–Crippen MR) is 118 cm³/mol. The summed E-state index contributed by atoms with van der Waals surface area (Å²) in [6.07, 6.45) is 3.35. The summed E-state index contributed by atoms with van der Waals surface area (Å²) in [7, 11) is 0. The zero-order valence-electron chi connectivity index (χ0n) is 17.5. The van der Waals surface area contributed by atoms with Gasteiger partial charge >= 0.3 is 0 Å². The summed E-state index contributed by atoms with van der Waals surface area (Å²) in [5.74, 6) is 1.34. The summed E-state index contributed by atoms with van der Waals surface area (Å²) in [4.78, 5) is 13.2. The molecule has 1 spiro atoms. The van der Waals surface area contributed by atoms with Gasteiger partial charge in [-0.05, 0) is 72.6 Å². The summed E-state index contributed by atoms with van der Waals surface area (Å²) in [6.45, 7) is 5.31. The van der Waals surface area contributed by atoms with Gasteiger partial charge < -0.3 is 14.6 Å². The van der Waals surface area contributed by atoms with Gasteiger partial charge in [-0.15, -0.1) is 0 Å². The molecular weight excluding hydrogens is 400 g/mol. The molecule has 1 N–H and O–H groups in total. The van der Waals surface area contributed by atoms with Crippen molar-refractivity contribution in [3.63, 3.8) is 0 Å². The minimum absolute atomic E-state index is 0.000804. The molecule has 0 radical (unpaired) electrons. The molecule has 1 aliphatic carbocycles. The lowest BCUT2D eigenvalue weighted by Crippen LogP contribution is -2.36. The van der Waals surface area contributed by atoms with Crippen LogP contribution in [0.25, 0.3) is 5.57 Å². The zero-order valence-corrected chi connectivity index (χ0v) is 18.2. The van der Waals surface area contributed by atoms with E-state index in [4.69, 9.17) is 21.1 Å². The Balaban J connectivity index is 1.69. The van der Waals surface area contributed by atoms with Crippen LogP contribution in [0.1, 0.15) is 49.3 Å². The maximum Gasteiger partial charge on any atom is 0.167 e. The Bertz CT molecular complexity index is 1000. The van der Waals surface area contributed by atoms with E-state index in [0.717, 1.165) is 36.0 Å². The molecular formula is C25H27ClO4. The number of benzene rings is 2. The molecule has 1 saturated heterocycles. The molecule has 30 heavy (non-hydrogen) atoms. The first kappa shape index (κ1) is 21.0. The van der Waals surface area contributed by atoms with Crippen molar-refractivity contribution in [2.45, 2.75) is 46.0 Å². The lowest BCUT2D eigenvalue weighted by Gasteiger charge is -2.39. The molecule has 2 aromatic rings. The van der Waals surface area contributed by atoms with E-state index in [-0.39, 0.29) is 17.0 Å². The monoisotopic (exact) mass is 426 g/mol. The number of rotatable bonds is 4. The second-order valence-corrected chi connectivity index (χ2v) is 8.83. The molecule has 4 nitrogen and oxygen atoms in total. The maximum atomic E-state index is 13.2. The summed E-state index contributed by atoms with van der Waals surface area (Å²) < 4.78 is 11.5. The third-order valence-corrected chi connectivity index (χ3v) is 6.54. The normalized spacial score (nSPS) is 18.7. The molecule has 2 aromatic carbocycles. The standard InChI is InChI=1S/C25H27ClO4/c1-3-17-5-6-18(30-23-7-4-16(2)12-20(23)26)13-19(17)24-21(27)14-25(15-22(24)28)8-10-29-11-9-25/h4-7,12-13,27H,3,8-11,14-15H2,1-2H3. The fourth-order valence-corrected chi connectivity index (χ4v) is 4.81. The summed E-state index contributed by atoms with van der Waals surface area (Å²) in [5, 5.41) is 11.5. The van der Waals surface area contributed by atoms with E-state index in [1.54, 1.807) is 0 Å². The third kappa shape index (κ3) is 4.12. The van der Waals surface area contributed by atoms with Gasteiger partial charge in [-0.1, -0.05) is 30.7 Å². The quantitative estimate of drug-likeness (QED) is 0.611. The highest BCUT2D eigenvalue weighted by Gasteiger charge is 2.41. The molecule has 158 valence electrons. The Labute approximate surface area is 182 Å². The second kappa shape index (κ2) is 8.44. The van der Waals surface area contributed by atoms with Crippen molar-refractivity contribution in [3.05, 3.63) is 63.9 Å². The first-order valence-electron chi connectivity index (χ1n) is 10.5.